The second-order valence-corrected chi connectivity index (χ2v) is 5.11. The Morgan fingerprint density at radius 3 is 2.08 bits per heavy atom. The Morgan fingerprint density at radius 2 is 1.50 bits per heavy atom. The number of aromatic nitrogens is 2. The van der Waals surface area contributed by atoms with E-state index in [2.05, 4.69) is 10.2 Å². The lowest BCUT2D eigenvalue weighted by Gasteiger charge is -1.93. The van der Waals surface area contributed by atoms with Crippen LogP contribution in [-0.2, 0) is 5.88 Å². The molecule has 0 spiro atoms. The fourth-order valence-corrected chi connectivity index (χ4v) is 2.32. The molecule has 3 rings (SSSR count). The van der Waals surface area contributed by atoms with Crippen LogP contribution >= 0.6 is 11.6 Å². The largest absolute Gasteiger partial charge is 1.00 e. The molecule has 0 atom stereocenters. The Labute approximate surface area is 152 Å². The van der Waals surface area contributed by atoms with E-state index in [1.807, 2.05) is 73.1 Å². The van der Waals surface area contributed by atoms with Crippen molar-refractivity contribution in [2.45, 2.75) is 5.88 Å². The lowest BCUT2D eigenvalue weighted by atomic mass is 10.2. The van der Waals surface area contributed by atoms with Gasteiger partial charge in [-0.25, -0.2) is 0 Å². The molecule has 6 heteroatoms. The van der Waals surface area contributed by atoms with Crippen molar-refractivity contribution in [2.75, 3.05) is 0 Å². The van der Waals surface area contributed by atoms with Gasteiger partial charge in [-0.3, -0.25) is 0 Å². The summed E-state index contributed by atoms with van der Waals surface area (Å²) in [6, 6.07) is 19.8. The van der Waals surface area contributed by atoms with E-state index in [0.29, 0.717) is 5.88 Å². The van der Waals surface area contributed by atoms with E-state index in [-0.39, 0.29) is 12.4 Å². The molecular weight excluding hydrogens is 343 g/mol. The molecule has 4 nitrogen and oxygen atoms in total. The highest BCUT2D eigenvalue weighted by Gasteiger charge is 2.15. The number of imidazole rings is 1. The standard InChI is InChI=1S/C18H16ClN4.ClH/c19-13-18-22(20-14-16-7-3-1-4-8-16)11-12-23(18)21-15-17-9-5-2-6-10-17;/h1-12,14-15H,13H2;1H/q+1;/p-1. The van der Waals surface area contributed by atoms with Gasteiger partial charge in [0, 0.05) is 0 Å². The molecule has 0 aliphatic rings. The van der Waals surface area contributed by atoms with Gasteiger partial charge in [0.1, 0.15) is 5.88 Å². The molecule has 1 aromatic heterocycles. The van der Waals surface area contributed by atoms with Crippen LogP contribution in [0.4, 0.5) is 0 Å². The first-order chi connectivity index (χ1) is 11.4. The van der Waals surface area contributed by atoms with Gasteiger partial charge in [-0.1, -0.05) is 70.9 Å². The molecule has 0 amide bonds. The smallest absolute Gasteiger partial charge is 0.322 e. The van der Waals surface area contributed by atoms with Crippen molar-refractivity contribution in [3.8, 4) is 0 Å². The molecule has 0 aliphatic heterocycles. The minimum atomic E-state index is 0. The van der Waals surface area contributed by atoms with Crippen LogP contribution in [0.5, 0.6) is 0 Å². The van der Waals surface area contributed by atoms with E-state index in [4.69, 9.17) is 11.6 Å². The van der Waals surface area contributed by atoms with Crippen molar-refractivity contribution in [1.82, 2.24) is 4.68 Å². The Balaban J connectivity index is 0.00000208. The maximum Gasteiger partial charge on any atom is 0.322 e. The van der Waals surface area contributed by atoms with Gasteiger partial charge in [0.15, 0.2) is 12.4 Å². The summed E-state index contributed by atoms with van der Waals surface area (Å²) in [6.07, 6.45) is 7.25. The molecule has 0 radical (unpaired) electrons. The summed E-state index contributed by atoms with van der Waals surface area (Å²) in [5, 5.41) is 8.87. The molecule has 24 heavy (non-hydrogen) atoms. The molecule has 3 aromatic rings. The van der Waals surface area contributed by atoms with E-state index in [1.165, 1.54) is 0 Å². The molecule has 0 unspecified atom stereocenters. The van der Waals surface area contributed by atoms with Crippen LogP contribution in [0.25, 0.3) is 0 Å². The van der Waals surface area contributed by atoms with Crippen molar-refractivity contribution < 1.29 is 17.1 Å². The average Bonchev–Trinajstić information content (AvgIpc) is 3.02. The van der Waals surface area contributed by atoms with Crippen LogP contribution in [0.15, 0.2) is 83.3 Å². The van der Waals surface area contributed by atoms with Gasteiger partial charge >= 0.3 is 5.82 Å². The first-order valence-corrected chi connectivity index (χ1v) is 7.77. The number of hydrogen-bond donors (Lipinski definition) is 0. The fraction of sp³-hybridized carbons (Fsp3) is 0.0556. The molecule has 122 valence electrons. The van der Waals surface area contributed by atoms with Gasteiger partial charge in [0.25, 0.3) is 0 Å². The minimum Gasteiger partial charge on any atom is -1.00 e. The van der Waals surface area contributed by atoms with Crippen molar-refractivity contribution in [1.29, 1.82) is 0 Å². The van der Waals surface area contributed by atoms with Gasteiger partial charge in [-0.05, 0) is 11.1 Å². The number of hydrogen-bond acceptors (Lipinski definition) is 2. The molecule has 2 aromatic carbocycles. The first-order valence-electron chi connectivity index (χ1n) is 7.23. The molecule has 0 saturated carbocycles. The van der Waals surface area contributed by atoms with Gasteiger partial charge in [-0.2, -0.15) is 0 Å². The Bertz CT molecular complexity index is 745. The maximum atomic E-state index is 6.05. The van der Waals surface area contributed by atoms with Crippen LogP contribution in [0.2, 0.25) is 0 Å². The quantitative estimate of drug-likeness (QED) is 0.356. The van der Waals surface area contributed by atoms with Crippen molar-refractivity contribution in [3.63, 3.8) is 0 Å². The Hall–Kier alpha value is -2.43. The molecule has 0 saturated heterocycles. The van der Waals surface area contributed by atoms with Crippen LogP contribution in [0.3, 0.4) is 0 Å². The molecule has 0 bridgehead atoms. The van der Waals surface area contributed by atoms with Crippen molar-refractivity contribution >= 4 is 24.0 Å². The summed E-state index contributed by atoms with van der Waals surface area (Å²) in [5.74, 6) is 1.09. The summed E-state index contributed by atoms with van der Waals surface area (Å²) < 4.78 is 3.45. The normalized spacial score (nSPS) is 11.0. The molecular formula is C18H16Cl2N4. The molecule has 0 fully saturated rings. The van der Waals surface area contributed by atoms with E-state index >= 15 is 0 Å². The lowest BCUT2D eigenvalue weighted by molar-refractivity contribution is -0.684. The first kappa shape index (κ1) is 17.9. The van der Waals surface area contributed by atoms with E-state index in [1.54, 1.807) is 21.8 Å². The molecule has 0 N–H and O–H groups in total. The zero-order valence-corrected chi connectivity index (χ0v) is 14.3. The lowest BCUT2D eigenvalue weighted by Crippen LogP contribution is -3.00. The SMILES string of the molecule is ClCc1n(N=Cc2ccccc2)cc[n+]1N=Cc1ccccc1.[Cl-]. The van der Waals surface area contributed by atoms with Crippen LogP contribution in [0, 0.1) is 0 Å². The summed E-state index contributed by atoms with van der Waals surface area (Å²) in [4.78, 5) is 0. The number of rotatable bonds is 5. The second-order valence-electron chi connectivity index (χ2n) is 4.85. The third-order valence-corrected chi connectivity index (χ3v) is 3.50. The average molecular weight is 359 g/mol. The van der Waals surface area contributed by atoms with Crippen LogP contribution in [-0.4, -0.2) is 17.1 Å². The monoisotopic (exact) mass is 358 g/mol. The van der Waals surface area contributed by atoms with Gasteiger partial charge in [0.2, 0.25) is 0 Å². The highest BCUT2D eigenvalue weighted by atomic mass is 35.5. The topological polar surface area (TPSA) is 33.5 Å². The molecule has 0 aliphatic carbocycles. The summed E-state index contributed by atoms with van der Waals surface area (Å²) in [7, 11) is 0. The van der Waals surface area contributed by atoms with Crippen molar-refractivity contribution in [3.05, 3.63) is 90.0 Å². The maximum absolute atomic E-state index is 6.05. The predicted octanol–water partition coefficient (Wildman–Crippen LogP) is 0.283. The van der Waals surface area contributed by atoms with Crippen LogP contribution in [0.1, 0.15) is 17.0 Å². The van der Waals surface area contributed by atoms with E-state index < -0.39 is 0 Å². The van der Waals surface area contributed by atoms with Gasteiger partial charge in [-0.15, -0.1) is 21.0 Å². The predicted molar refractivity (Wildman–Crippen MR) is 93.1 cm³/mol. The highest BCUT2D eigenvalue weighted by Crippen LogP contribution is 2.02. The zero-order valence-electron chi connectivity index (χ0n) is 12.8. The van der Waals surface area contributed by atoms with Crippen molar-refractivity contribution in [2.24, 2.45) is 10.2 Å². The number of benzene rings is 2. The van der Waals surface area contributed by atoms with Crippen LogP contribution < -0.4 is 17.1 Å². The number of halogens is 2. The summed E-state index contributed by atoms with van der Waals surface area (Å²) >= 11 is 6.05. The second kappa shape index (κ2) is 9.01. The third kappa shape index (κ3) is 4.54. The number of nitrogens with zero attached hydrogens (tertiary/aromatic N) is 4. The van der Waals surface area contributed by atoms with E-state index in [9.17, 15) is 0 Å². The number of alkyl halides is 1. The summed E-state index contributed by atoms with van der Waals surface area (Å²) in [6.45, 7) is 0. The van der Waals surface area contributed by atoms with Gasteiger partial charge < -0.3 is 12.4 Å². The minimum absolute atomic E-state index is 0. The van der Waals surface area contributed by atoms with E-state index in [0.717, 1.165) is 17.0 Å². The fourth-order valence-electron chi connectivity index (χ4n) is 2.07. The molecule has 1 heterocycles. The third-order valence-electron chi connectivity index (χ3n) is 3.26. The Morgan fingerprint density at radius 1 is 0.917 bits per heavy atom. The highest BCUT2D eigenvalue weighted by molar-refractivity contribution is 6.16. The van der Waals surface area contributed by atoms with Gasteiger partial charge in [0.05, 0.1) is 12.4 Å². The zero-order chi connectivity index (χ0) is 15.9. The summed E-state index contributed by atoms with van der Waals surface area (Å²) in [5.41, 5.74) is 2.06. The Kier molecular flexibility index (Phi) is 6.73.